The first-order valence-electron chi connectivity index (χ1n) is 47.5. The second-order valence-corrected chi connectivity index (χ2v) is 40.0. The lowest BCUT2D eigenvalue weighted by atomic mass is 9.76. The van der Waals surface area contributed by atoms with Crippen LogP contribution < -0.4 is 26.6 Å². The van der Waals surface area contributed by atoms with Crippen LogP contribution in [0.15, 0.2) is 0 Å². The van der Waals surface area contributed by atoms with Gasteiger partial charge in [0.1, 0.15) is 0 Å². The van der Waals surface area contributed by atoms with Crippen molar-refractivity contribution in [3.8, 4) is 0 Å². The summed E-state index contributed by atoms with van der Waals surface area (Å²) in [6, 6.07) is 5.70. The van der Waals surface area contributed by atoms with Crippen molar-refractivity contribution in [3.63, 3.8) is 0 Å². The second kappa shape index (κ2) is 59.0. The molecule has 0 bridgehead atoms. The molecule has 0 amide bonds. The molecular weight excluding hydrogens is 1420 g/mol. The van der Waals surface area contributed by atoms with Crippen molar-refractivity contribution in [2.24, 2.45) is 29.1 Å². The van der Waals surface area contributed by atoms with E-state index in [0.717, 1.165) is 72.5 Å². The zero-order valence-corrected chi connectivity index (χ0v) is 80.0. The number of rotatable bonds is 5. The molecule has 1 saturated carbocycles. The van der Waals surface area contributed by atoms with Crippen molar-refractivity contribution in [1.82, 2.24) is 115 Å². The molecule has 17 rings (SSSR count). The fraction of sp³-hybridized carbons (Fsp3) is 1.00. The molecule has 0 aromatic rings. The number of nitrogens with zero attached hydrogens (tertiary/aromatic N) is 18. The summed E-state index contributed by atoms with van der Waals surface area (Å²) < 4.78 is 0. The van der Waals surface area contributed by atoms with E-state index in [1.807, 2.05) is 7.05 Å². The Kier molecular flexibility index (Phi) is 53.6. The molecule has 16 saturated heterocycles. The molecule has 16 heterocycles. The lowest BCUT2D eigenvalue weighted by Crippen LogP contribution is -2.60. The average molecular weight is 1610 g/mol. The number of likely N-dealkylation sites (tertiary alicyclic amines) is 8. The van der Waals surface area contributed by atoms with Crippen LogP contribution in [-0.2, 0) is 0 Å². The molecule has 23 nitrogen and oxygen atoms in total. The first-order valence-corrected chi connectivity index (χ1v) is 47.5. The van der Waals surface area contributed by atoms with E-state index in [1.165, 1.54) is 358 Å². The van der Waals surface area contributed by atoms with Crippen molar-refractivity contribution in [3.05, 3.63) is 0 Å². The van der Waals surface area contributed by atoms with Crippen molar-refractivity contribution >= 4 is 0 Å². The number of hydrogen-bond donors (Lipinski definition) is 5. The van der Waals surface area contributed by atoms with Crippen molar-refractivity contribution < 1.29 is 0 Å². The Bertz CT molecular complexity index is 2130. The highest BCUT2D eigenvalue weighted by molar-refractivity contribution is 5.06. The van der Waals surface area contributed by atoms with Gasteiger partial charge >= 0.3 is 0 Å². The Labute approximate surface area is 708 Å². The Balaban J connectivity index is 0.000000221. The van der Waals surface area contributed by atoms with E-state index < -0.39 is 0 Å². The monoisotopic (exact) mass is 1610 g/mol. The van der Waals surface area contributed by atoms with Crippen LogP contribution in [0.3, 0.4) is 0 Å². The van der Waals surface area contributed by atoms with Gasteiger partial charge in [0.25, 0.3) is 0 Å². The lowest BCUT2D eigenvalue weighted by molar-refractivity contribution is -0.00103. The van der Waals surface area contributed by atoms with E-state index >= 15 is 0 Å². The summed E-state index contributed by atoms with van der Waals surface area (Å²) in [7, 11) is 37.1. The summed E-state index contributed by atoms with van der Waals surface area (Å²) in [5, 5.41) is 17.1. The molecule has 17 aliphatic rings. The molecule has 0 spiro atoms. The van der Waals surface area contributed by atoms with Crippen LogP contribution >= 0.6 is 0 Å². The van der Waals surface area contributed by atoms with E-state index in [0.29, 0.717) is 5.41 Å². The fourth-order valence-corrected chi connectivity index (χ4v) is 19.1. The van der Waals surface area contributed by atoms with Crippen molar-refractivity contribution in [2.75, 3.05) is 382 Å². The van der Waals surface area contributed by atoms with Gasteiger partial charge in [-0.25, -0.2) is 0 Å². The average Bonchev–Trinajstić information content (AvgIpc) is 1.60. The Hall–Kier alpha value is -0.920. The number of fused-ring (bicyclic) bond motifs is 3. The first kappa shape index (κ1) is 104. The van der Waals surface area contributed by atoms with Gasteiger partial charge in [-0.15, -0.1) is 0 Å². The van der Waals surface area contributed by atoms with Gasteiger partial charge < -0.3 is 105 Å². The van der Waals surface area contributed by atoms with Crippen LogP contribution in [0.4, 0.5) is 0 Å². The van der Waals surface area contributed by atoms with Crippen LogP contribution in [0.25, 0.3) is 0 Å². The maximum atomic E-state index is 3.57. The van der Waals surface area contributed by atoms with E-state index in [1.54, 1.807) is 0 Å². The van der Waals surface area contributed by atoms with Crippen LogP contribution in [0, 0.1) is 29.1 Å². The summed E-state index contributed by atoms with van der Waals surface area (Å²) >= 11 is 0. The van der Waals surface area contributed by atoms with E-state index in [9.17, 15) is 0 Å². The van der Waals surface area contributed by atoms with E-state index in [-0.39, 0.29) is 0 Å². The Morgan fingerprint density at radius 2 is 0.728 bits per heavy atom. The maximum absolute atomic E-state index is 3.57. The Morgan fingerprint density at radius 3 is 1.05 bits per heavy atom. The molecular formula is C91H197N23. The Morgan fingerprint density at radius 1 is 0.351 bits per heavy atom. The molecule has 23 heteroatoms. The van der Waals surface area contributed by atoms with E-state index in [2.05, 4.69) is 269 Å². The number of nitrogens with one attached hydrogen (secondary N) is 5. The molecule has 114 heavy (non-hydrogen) atoms. The predicted molar refractivity (Wildman–Crippen MR) is 495 cm³/mol. The molecule has 676 valence electrons. The lowest BCUT2D eigenvalue weighted by Gasteiger charge is -2.49. The molecule has 1 aliphatic carbocycles. The van der Waals surface area contributed by atoms with Gasteiger partial charge in [-0.2, -0.15) is 0 Å². The number of piperazine rings is 2. The predicted octanol–water partition coefficient (Wildman–Crippen LogP) is 5.54. The number of likely N-dealkylation sites (N-methyl/N-ethyl adjacent to an activating group) is 15. The number of piperidine rings is 2. The smallest absolute Gasteiger partial charge is 0.0322 e. The maximum Gasteiger partial charge on any atom is 0.0322 e. The molecule has 16 aliphatic heterocycles. The second-order valence-electron chi connectivity index (χ2n) is 40.0. The largest absolute Gasteiger partial charge is 0.315 e. The highest BCUT2D eigenvalue weighted by Crippen LogP contribution is 2.38. The van der Waals surface area contributed by atoms with Crippen LogP contribution in [0.2, 0.25) is 0 Å². The molecule has 0 aromatic heterocycles. The zero-order valence-electron chi connectivity index (χ0n) is 80.0. The number of hydrogen-bond acceptors (Lipinski definition) is 23. The van der Waals surface area contributed by atoms with Gasteiger partial charge in [-0.3, -0.25) is 9.80 Å². The summed E-state index contributed by atoms with van der Waals surface area (Å²) in [6.45, 7) is 64.1. The van der Waals surface area contributed by atoms with Crippen LogP contribution in [-0.4, -0.2) is 512 Å². The third-order valence-electron chi connectivity index (χ3n) is 27.7. The molecule has 2 unspecified atom stereocenters. The highest BCUT2D eigenvalue weighted by atomic mass is 15.3. The standard InChI is InChI=1S/C10H20N2.C9H20N2.2C8H16N2.C7H14N2.C7H16N2.C7H15N.3C6H14N2.2C6H13N.C5H12N2/c1-11-6-3-7-12(9-8-11)10-4-2-5-10;1-9(2)11-6-4-5-10(3)7-8-11;2*1-10-5-7-3-2-4-9-8(7)6-10;1-7-4-8-3-6(7)9(2)5-7;1-8-4-3-5-9(2)7-6-8;1-8-6-4-2-3-5-7-8;2*1-7-3-5-8(2)6-4-7;1-3-7-6-4-8(2)5-6;2*1-6-3-4-7(2)5-6;1-6-5-3-7(2)4-5/h10H,2-9H2,1H3;9H,4-8H2,1-3H3;2*7-9H,2-6H2,1H3;6,8H,3-5H2,1-2H3;3-7H2,1-2H3;2-7H2,1H3;2*3-6H2,1-2H3;6-7H,3-5H2,1-2H3;2*6H,3-5H2,1-2H3;5-6H,3-4H2,1-2H3/t;;7-,8+;;6-,7-;;;;;;2*6-;/m..1.1.....11./s1. The van der Waals surface area contributed by atoms with Gasteiger partial charge in [0.05, 0.1) is 0 Å². The topological polar surface area (TPSA) is 118 Å². The zero-order chi connectivity index (χ0) is 83.4. The van der Waals surface area contributed by atoms with Gasteiger partial charge in [-0.05, 0) is 326 Å². The van der Waals surface area contributed by atoms with Gasteiger partial charge in [0, 0.05) is 224 Å². The minimum absolute atomic E-state index is 0.620. The summed E-state index contributed by atoms with van der Waals surface area (Å²) in [4.78, 5) is 43.5. The van der Waals surface area contributed by atoms with Crippen LogP contribution in [0.5, 0.6) is 0 Å². The van der Waals surface area contributed by atoms with Crippen LogP contribution in [0.1, 0.15) is 144 Å². The van der Waals surface area contributed by atoms with Gasteiger partial charge in [0.2, 0.25) is 0 Å². The van der Waals surface area contributed by atoms with Gasteiger partial charge in [0.15, 0.2) is 0 Å². The summed E-state index contributed by atoms with van der Waals surface area (Å²) in [5.74, 6) is 3.81. The van der Waals surface area contributed by atoms with Crippen molar-refractivity contribution in [1.29, 1.82) is 0 Å². The van der Waals surface area contributed by atoms with Gasteiger partial charge in [-0.1, -0.05) is 47.0 Å². The molecule has 8 atom stereocenters. The molecule has 17 fully saturated rings. The summed E-state index contributed by atoms with van der Waals surface area (Å²) in [5.41, 5.74) is 0.620. The minimum atomic E-state index is 0.620. The SMILES string of the molecule is CC(C)N1CCCN(C)CC1.CCNC1CN(C)C1.CN1CC2CCCNC2C1.CN1CCCCCC1.CN1CCCN(C)CC1.CN1CCCN(C2CCC2)CC1.CN1CCN(C)CC1.CN1CCN(C)CC1.CN1C[C@@]2(C)CNC[C@@H]12.CN1C[C@H]2CCCN[C@H]2C1.CNC1CN(C)C1.C[C@@H]1CCN(C)C1.C[C@@H]1CCN(C)C1. The third-order valence-corrected chi connectivity index (χ3v) is 27.7. The third kappa shape index (κ3) is 44.4. The van der Waals surface area contributed by atoms with E-state index in [4.69, 9.17) is 0 Å². The molecule has 5 N–H and O–H groups in total. The molecule has 0 aromatic carbocycles. The quantitative estimate of drug-likeness (QED) is 0.237. The first-order chi connectivity index (χ1) is 54.5. The van der Waals surface area contributed by atoms with Crippen molar-refractivity contribution in [2.45, 2.75) is 187 Å². The highest BCUT2D eigenvalue weighted by Gasteiger charge is 2.50. The normalized spacial score (nSPS) is 31.6. The molecule has 0 radical (unpaired) electrons. The fourth-order valence-electron chi connectivity index (χ4n) is 19.1. The summed E-state index contributed by atoms with van der Waals surface area (Å²) in [6.07, 6.45) is 22.6. The minimum Gasteiger partial charge on any atom is -0.315 e.